The Morgan fingerprint density at radius 2 is 1.67 bits per heavy atom. The van der Waals surface area contributed by atoms with E-state index in [4.69, 9.17) is 5.73 Å². The van der Waals surface area contributed by atoms with E-state index in [1.807, 2.05) is 6.07 Å². The second kappa shape index (κ2) is 8.97. The van der Waals surface area contributed by atoms with Crippen LogP contribution in [0.5, 0.6) is 0 Å². The van der Waals surface area contributed by atoms with Crippen LogP contribution in [0.4, 0.5) is 5.69 Å². The lowest BCUT2D eigenvalue weighted by Crippen LogP contribution is -2.15. The highest BCUT2D eigenvalue weighted by Crippen LogP contribution is 2.29. The maximum Gasteiger partial charge on any atom is 0.0491 e. The molecule has 2 aromatic carbocycles. The number of hydrogen-bond acceptors (Lipinski definition) is 2. The first kappa shape index (κ1) is 20.4. The first-order valence-corrected chi connectivity index (χ1v) is 7.74. The number of fused-ring (bicyclic) bond motifs is 1. The standard InChI is InChI=1S/C19H23N3.2ClH/c1-21(2)11-6-12-22-18-10-9-17(20)13-16(18)14-19(22)15-7-4-3-5-8-15;;/h3-5,7-10,13-14H,6,11-12,20H2,1-2H3;2*1H. The van der Waals surface area contributed by atoms with Crippen LogP contribution in [0, 0.1) is 0 Å². The molecule has 0 aliphatic rings. The van der Waals surface area contributed by atoms with E-state index < -0.39 is 0 Å². The molecule has 0 atom stereocenters. The molecule has 3 aromatic rings. The lowest BCUT2D eigenvalue weighted by Gasteiger charge is -2.13. The molecule has 0 saturated carbocycles. The zero-order valence-corrected chi connectivity index (χ0v) is 15.7. The summed E-state index contributed by atoms with van der Waals surface area (Å²) < 4.78 is 2.41. The summed E-state index contributed by atoms with van der Waals surface area (Å²) in [6.45, 7) is 2.10. The van der Waals surface area contributed by atoms with Gasteiger partial charge in [0.1, 0.15) is 0 Å². The van der Waals surface area contributed by atoms with Gasteiger partial charge in [-0.3, -0.25) is 0 Å². The molecule has 0 aliphatic heterocycles. The molecule has 3 nitrogen and oxygen atoms in total. The maximum absolute atomic E-state index is 5.95. The molecule has 0 bridgehead atoms. The number of hydrogen-bond donors (Lipinski definition) is 1. The normalized spacial score (nSPS) is 10.5. The van der Waals surface area contributed by atoms with Gasteiger partial charge in [0, 0.05) is 28.8 Å². The smallest absolute Gasteiger partial charge is 0.0491 e. The van der Waals surface area contributed by atoms with Gasteiger partial charge >= 0.3 is 0 Å². The molecule has 5 heteroatoms. The summed E-state index contributed by atoms with van der Waals surface area (Å²) in [5, 5.41) is 1.21. The Hall–Kier alpha value is -1.68. The summed E-state index contributed by atoms with van der Waals surface area (Å²) in [5.41, 5.74) is 10.5. The third-order valence-electron chi connectivity index (χ3n) is 3.98. The molecule has 0 fully saturated rings. The van der Waals surface area contributed by atoms with Gasteiger partial charge < -0.3 is 15.2 Å². The largest absolute Gasteiger partial charge is 0.399 e. The van der Waals surface area contributed by atoms with Gasteiger partial charge in [-0.1, -0.05) is 30.3 Å². The molecular formula is C19H25Cl2N3. The molecule has 24 heavy (non-hydrogen) atoms. The molecule has 2 N–H and O–H groups in total. The van der Waals surface area contributed by atoms with Gasteiger partial charge in [0.05, 0.1) is 0 Å². The fraction of sp³-hybridized carbons (Fsp3) is 0.263. The van der Waals surface area contributed by atoms with Crippen molar-refractivity contribution in [2.24, 2.45) is 0 Å². The van der Waals surface area contributed by atoms with Crippen LogP contribution in [0.25, 0.3) is 22.2 Å². The van der Waals surface area contributed by atoms with E-state index >= 15 is 0 Å². The Balaban J connectivity index is 0.00000144. The minimum atomic E-state index is 0. The van der Waals surface area contributed by atoms with Crippen LogP contribution in [0.1, 0.15) is 6.42 Å². The van der Waals surface area contributed by atoms with E-state index in [9.17, 15) is 0 Å². The predicted molar refractivity (Wildman–Crippen MR) is 109 cm³/mol. The minimum absolute atomic E-state index is 0. The molecule has 1 heterocycles. The van der Waals surface area contributed by atoms with Crippen LogP contribution >= 0.6 is 24.8 Å². The van der Waals surface area contributed by atoms with Crippen LogP contribution in [-0.2, 0) is 6.54 Å². The highest BCUT2D eigenvalue weighted by atomic mass is 35.5. The number of nitrogen functional groups attached to an aromatic ring is 1. The van der Waals surface area contributed by atoms with Crippen molar-refractivity contribution in [3.8, 4) is 11.3 Å². The Labute approximate surface area is 156 Å². The molecule has 1 aromatic heterocycles. The fourth-order valence-corrected chi connectivity index (χ4v) is 2.92. The first-order valence-electron chi connectivity index (χ1n) is 7.74. The number of benzene rings is 2. The average molecular weight is 366 g/mol. The zero-order valence-electron chi connectivity index (χ0n) is 14.1. The monoisotopic (exact) mass is 365 g/mol. The SMILES string of the molecule is CN(C)CCCn1c(-c2ccccc2)cc2cc(N)ccc21.Cl.Cl. The molecule has 0 spiro atoms. The van der Waals surface area contributed by atoms with Crippen LogP contribution in [0.15, 0.2) is 54.6 Å². The second-order valence-electron chi connectivity index (χ2n) is 6.02. The number of aryl methyl sites for hydroxylation is 1. The van der Waals surface area contributed by atoms with Crippen molar-refractivity contribution in [1.29, 1.82) is 0 Å². The number of halogens is 2. The van der Waals surface area contributed by atoms with Gasteiger partial charge in [-0.25, -0.2) is 0 Å². The van der Waals surface area contributed by atoms with Crippen LogP contribution in [0.3, 0.4) is 0 Å². The number of rotatable bonds is 5. The lowest BCUT2D eigenvalue weighted by molar-refractivity contribution is 0.388. The van der Waals surface area contributed by atoms with Gasteiger partial charge in [-0.15, -0.1) is 24.8 Å². The Bertz CT molecular complexity index is 767. The lowest BCUT2D eigenvalue weighted by atomic mass is 10.1. The van der Waals surface area contributed by atoms with Crippen molar-refractivity contribution in [3.05, 3.63) is 54.6 Å². The van der Waals surface area contributed by atoms with Crippen molar-refractivity contribution < 1.29 is 0 Å². The Kier molecular flexibility index (Phi) is 7.61. The molecular weight excluding hydrogens is 341 g/mol. The van der Waals surface area contributed by atoms with Gasteiger partial charge in [-0.05, 0) is 56.9 Å². The quantitative estimate of drug-likeness (QED) is 0.665. The maximum atomic E-state index is 5.95. The van der Waals surface area contributed by atoms with Crippen molar-refractivity contribution >= 4 is 41.4 Å². The van der Waals surface area contributed by atoms with E-state index in [0.29, 0.717) is 0 Å². The number of aromatic nitrogens is 1. The van der Waals surface area contributed by atoms with Crippen LogP contribution in [-0.4, -0.2) is 30.1 Å². The first-order chi connectivity index (χ1) is 10.6. The van der Waals surface area contributed by atoms with E-state index in [-0.39, 0.29) is 24.8 Å². The van der Waals surface area contributed by atoms with Crippen molar-refractivity contribution in [2.75, 3.05) is 26.4 Å². The van der Waals surface area contributed by atoms with Crippen LogP contribution in [0.2, 0.25) is 0 Å². The molecule has 3 rings (SSSR count). The second-order valence-corrected chi connectivity index (χ2v) is 6.02. The highest BCUT2D eigenvalue weighted by Gasteiger charge is 2.10. The molecule has 0 aliphatic carbocycles. The van der Waals surface area contributed by atoms with Crippen molar-refractivity contribution in [1.82, 2.24) is 9.47 Å². The van der Waals surface area contributed by atoms with Gasteiger partial charge in [0.25, 0.3) is 0 Å². The van der Waals surface area contributed by atoms with E-state index in [1.54, 1.807) is 0 Å². The molecule has 0 radical (unpaired) electrons. The summed E-state index contributed by atoms with van der Waals surface area (Å²) >= 11 is 0. The van der Waals surface area contributed by atoms with Crippen LogP contribution < -0.4 is 5.73 Å². The number of nitrogens with two attached hydrogens (primary N) is 1. The number of anilines is 1. The van der Waals surface area contributed by atoms with Gasteiger partial charge in [0.2, 0.25) is 0 Å². The van der Waals surface area contributed by atoms with E-state index in [0.717, 1.165) is 25.2 Å². The summed E-state index contributed by atoms with van der Waals surface area (Å²) in [6.07, 6.45) is 1.13. The van der Waals surface area contributed by atoms with Crippen molar-refractivity contribution in [2.45, 2.75) is 13.0 Å². The topological polar surface area (TPSA) is 34.2 Å². The summed E-state index contributed by atoms with van der Waals surface area (Å²) in [4.78, 5) is 2.23. The zero-order chi connectivity index (χ0) is 15.5. The third-order valence-corrected chi connectivity index (χ3v) is 3.98. The minimum Gasteiger partial charge on any atom is -0.399 e. The molecule has 0 amide bonds. The average Bonchev–Trinajstić information content (AvgIpc) is 2.86. The summed E-state index contributed by atoms with van der Waals surface area (Å²) in [7, 11) is 4.24. The van der Waals surface area contributed by atoms with Gasteiger partial charge in [-0.2, -0.15) is 0 Å². The van der Waals surface area contributed by atoms with E-state index in [2.05, 4.69) is 72.1 Å². The molecule has 0 saturated heterocycles. The summed E-state index contributed by atoms with van der Waals surface area (Å²) in [5.74, 6) is 0. The van der Waals surface area contributed by atoms with Crippen molar-refractivity contribution in [3.63, 3.8) is 0 Å². The Morgan fingerprint density at radius 1 is 0.958 bits per heavy atom. The molecule has 0 unspecified atom stereocenters. The number of nitrogens with zero attached hydrogens (tertiary/aromatic N) is 2. The summed E-state index contributed by atoms with van der Waals surface area (Å²) in [6, 6.07) is 19.0. The fourth-order valence-electron chi connectivity index (χ4n) is 2.92. The van der Waals surface area contributed by atoms with E-state index in [1.165, 1.54) is 22.2 Å². The third kappa shape index (κ3) is 4.44. The molecule has 130 valence electrons. The highest BCUT2D eigenvalue weighted by molar-refractivity contribution is 5.89. The predicted octanol–water partition coefficient (Wildman–Crippen LogP) is 4.69. The van der Waals surface area contributed by atoms with Gasteiger partial charge in [0.15, 0.2) is 0 Å². The Morgan fingerprint density at radius 3 is 2.33 bits per heavy atom.